The molecule has 2 rings (SSSR count). The Labute approximate surface area is 113 Å². The molecule has 0 aliphatic carbocycles. The van der Waals surface area contributed by atoms with E-state index in [9.17, 15) is 9.90 Å². The molecule has 0 aromatic carbocycles. The first kappa shape index (κ1) is 14.1. The molecule has 19 heavy (non-hydrogen) atoms. The Kier molecular flexibility index (Phi) is 3.67. The summed E-state index contributed by atoms with van der Waals surface area (Å²) in [6.07, 6.45) is 1.94. The topological polar surface area (TPSA) is 66.6 Å². The highest BCUT2D eigenvalue weighted by atomic mass is 16.4. The molecule has 1 N–H and O–H groups in total. The van der Waals surface area contributed by atoms with Gasteiger partial charge in [-0.25, -0.2) is 4.98 Å². The van der Waals surface area contributed by atoms with E-state index in [1.54, 1.807) is 0 Å². The van der Waals surface area contributed by atoms with Gasteiger partial charge >= 0.3 is 5.97 Å². The molecule has 1 unspecified atom stereocenters. The number of aromatic nitrogens is 1. The number of carboxylic acids is 1. The lowest BCUT2D eigenvalue weighted by atomic mass is 9.76. The van der Waals surface area contributed by atoms with Crippen molar-refractivity contribution in [2.24, 2.45) is 5.41 Å². The predicted molar refractivity (Wildman–Crippen MR) is 70.8 cm³/mol. The number of oxazole rings is 1. The smallest absolute Gasteiger partial charge is 0.321 e. The number of rotatable bonds is 3. The molecule has 2 heterocycles. The Hall–Kier alpha value is -1.36. The van der Waals surface area contributed by atoms with Crippen LogP contribution in [0.3, 0.4) is 0 Å². The molecule has 0 saturated carbocycles. The molecule has 1 aliphatic rings. The van der Waals surface area contributed by atoms with Crippen molar-refractivity contribution in [3.05, 3.63) is 17.3 Å². The summed E-state index contributed by atoms with van der Waals surface area (Å²) < 4.78 is 5.57. The fraction of sp³-hybridized carbons (Fsp3) is 0.714. The van der Waals surface area contributed by atoms with Crippen LogP contribution in [-0.2, 0) is 11.3 Å². The Morgan fingerprint density at radius 2 is 2.21 bits per heavy atom. The monoisotopic (exact) mass is 266 g/mol. The van der Waals surface area contributed by atoms with Crippen molar-refractivity contribution >= 4 is 5.97 Å². The number of carboxylic acid groups (broad SMARTS) is 1. The van der Waals surface area contributed by atoms with E-state index < -0.39 is 12.0 Å². The van der Waals surface area contributed by atoms with Crippen molar-refractivity contribution in [3.8, 4) is 0 Å². The number of aliphatic carboxylic acids is 1. The van der Waals surface area contributed by atoms with Gasteiger partial charge in [-0.05, 0) is 38.6 Å². The lowest BCUT2D eigenvalue weighted by Crippen LogP contribution is -2.53. The lowest BCUT2D eigenvalue weighted by Gasteiger charge is -2.43. The van der Waals surface area contributed by atoms with Crippen LogP contribution in [0.1, 0.15) is 44.0 Å². The maximum Gasteiger partial charge on any atom is 0.321 e. The lowest BCUT2D eigenvalue weighted by molar-refractivity contribution is -0.151. The third kappa shape index (κ3) is 2.81. The minimum Gasteiger partial charge on any atom is -0.480 e. The molecule has 0 spiro atoms. The molecule has 0 amide bonds. The van der Waals surface area contributed by atoms with Gasteiger partial charge in [0, 0.05) is 0 Å². The van der Waals surface area contributed by atoms with Gasteiger partial charge in [-0.2, -0.15) is 0 Å². The van der Waals surface area contributed by atoms with Crippen molar-refractivity contribution in [2.45, 2.75) is 53.1 Å². The van der Waals surface area contributed by atoms with E-state index in [2.05, 4.69) is 4.98 Å². The Morgan fingerprint density at radius 3 is 2.74 bits per heavy atom. The van der Waals surface area contributed by atoms with Crippen LogP contribution in [0.25, 0.3) is 0 Å². The van der Waals surface area contributed by atoms with Crippen molar-refractivity contribution < 1.29 is 14.3 Å². The number of hydrogen-bond acceptors (Lipinski definition) is 4. The minimum atomic E-state index is -0.760. The zero-order valence-corrected chi connectivity index (χ0v) is 12.1. The second-order valence-corrected chi connectivity index (χ2v) is 6.05. The number of piperidine rings is 1. The quantitative estimate of drug-likeness (QED) is 0.909. The third-order valence-electron chi connectivity index (χ3n) is 4.02. The summed E-state index contributed by atoms with van der Waals surface area (Å²) in [5.41, 5.74) is 0.652. The van der Waals surface area contributed by atoms with Crippen LogP contribution in [0.15, 0.2) is 4.42 Å². The predicted octanol–water partition coefficient (Wildman–Crippen LogP) is 2.37. The van der Waals surface area contributed by atoms with Crippen LogP contribution in [0.4, 0.5) is 0 Å². The summed E-state index contributed by atoms with van der Waals surface area (Å²) in [6, 6.07) is -0.478. The molecule has 1 fully saturated rings. The SMILES string of the molecule is Cc1nc(CN2CCCC(C)(C)C2C(=O)O)oc1C. The number of likely N-dealkylation sites (tertiary alicyclic amines) is 1. The van der Waals surface area contributed by atoms with E-state index in [4.69, 9.17) is 4.42 Å². The highest BCUT2D eigenvalue weighted by Crippen LogP contribution is 2.36. The maximum absolute atomic E-state index is 11.6. The van der Waals surface area contributed by atoms with E-state index in [0.717, 1.165) is 30.8 Å². The van der Waals surface area contributed by atoms with Crippen LogP contribution >= 0.6 is 0 Å². The van der Waals surface area contributed by atoms with Gasteiger partial charge in [0.1, 0.15) is 11.8 Å². The van der Waals surface area contributed by atoms with E-state index in [-0.39, 0.29) is 5.41 Å². The molecular formula is C14H22N2O3. The Bertz CT molecular complexity index is 460. The number of hydrogen-bond donors (Lipinski definition) is 1. The molecule has 1 saturated heterocycles. The summed E-state index contributed by atoms with van der Waals surface area (Å²) in [7, 11) is 0. The first-order chi connectivity index (χ1) is 8.81. The van der Waals surface area contributed by atoms with Gasteiger partial charge in [0.25, 0.3) is 0 Å². The van der Waals surface area contributed by atoms with Gasteiger partial charge in [0.2, 0.25) is 5.89 Å². The summed E-state index contributed by atoms with van der Waals surface area (Å²) in [5.74, 6) is 0.654. The largest absolute Gasteiger partial charge is 0.480 e. The summed E-state index contributed by atoms with van der Waals surface area (Å²) in [4.78, 5) is 17.9. The van der Waals surface area contributed by atoms with E-state index >= 15 is 0 Å². The second kappa shape index (κ2) is 4.96. The minimum absolute atomic E-state index is 0.221. The number of nitrogens with zero attached hydrogens (tertiary/aromatic N) is 2. The average Bonchev–Trinajstić information content (AvgIpc) is 2.55. The molecule has 0 bridgehead atoms. The average molecular weight is 266 g/mol. The number of carbonyl (C=O) groups is 1. The van der Waals surface area contributed by atoms with Crippen molar-refractivity contribution in [1.29, 1.82) is 0 Å². The normalized spacial score (nSPS) is 23.5. The van der Waals surface area contributed by atoms with Crippen LogP contribution in [0.2, 0.25) is 0 Å². The fourth-order valence-electron chi connectivity index (χ4n) is 2.94. The van der Waals surface area contributed by atoms with Gasteiger partial charge in [0.05, 0.1) is 12.2 Å². The molecule has 106 valence electrons. The van der Waals surface area contributed by atoms with E-state index in [0.29, 0.717) is 12.4 Å². The molecule has 1 aromatic rings. The molecule has 0 radical (unpaired) electrons. The van der Waals surface area contributed by atoms with Crippen LogP contribution in [-0.4, -0.2) is 33.5 Å². The van der Waals surface area contributed by atoms with Gasteiger partial charge in [-0.3, -0.25) is 9.69 Å². The second-order valence-electron chi connectivity index (χ2n) is 6.05. The summed E-state index contributed by atoms with van der Waals surface area (Å²) >= 11 is 0. The molecule has 5 heteroatoms. The zero-order chi connectivity index (χ0) is 14.2. The van der Waals surface area contributed by atoms with Crippen LogP contribution in [0, 0.1) is 19.3 Å². The highest BCUT2D eigenvalue weighted by molar-refractivity contribution is 5.74. The number of aryl methyl sites for hydroxylation is 2. The van der Waals surface area contributed by atoms with Crippen molar-refractivity contribution in [3.63, 3.8) is 0 Å². The summed E-state index contributed by atoms with van der Waals surface area (Å²) in [5, 5.41) is 9.49. The Morgan fingerprint density at radius 1 is 1.53 bits per heavy atom. The van der Waals surface area contributed by atoms with Crippen molar-refractivity contribution in [1.82, 2.24) is 9.88 Å². The standard InChI is InChI=1S/C14H22N2O3/c1-9-10(2)19-11(15-9)8-16-7-5-6-14(3,4)12(16)13(17)18/h12H,5-8H2,1-4H3,(H,17,18). The molecule has 5 nitrogen and oxygen atoms in total. The van der Waals surface area contributed by atoms with Crippen LogP contribution in [0.5, 0.6) is 0 Å². The highest BCUT2D eigenvalue weighted by Gasteiger charge is 2.42. The van der Waals surface area contributed by atoms with E-state index in [1.807, 2.05) is 32.6 Å². The zero-order valence-electron chi connectivity index (χ0n) is 12.1. The first-order valence-corrected chi connectivity index (χ1v) is 6.71. The van der Waals surface area contributed by atoms with Gasteiger partial charge in [-0.15, -0.1) is 0 Å². The van der Waals surface area contributed by atoms with Gasteiger partial charge < -0.3 is 9.52 Å². The van der Waals surface area contributed by atoms with Crippen LogP contribution < -0.4 is 0 Å². The molecule has 1 aromatic heterocycles. The van der Waals surface area contributed by atoms with Gasteiger partial charge in [-0.1, -0.05) is 13.8 Å². The summed E-state index contributed by atoms with van der Waals surface area (Å²) in [6.45, 7) is 9.06. The Balaban J connectivity index is 2.19. The molecule has 1 aliphatic heterocycles. The van der Waals surface area contributed by atoms with Crippen molar-refractivity contribution in [2.75, 3.05) is 6.54 Å². The maximum atomic E-state index is 11.6. The first-order valence-electron chi connectivity index (χ1n) is 6.71. The molecular weight excluding hydrogens is 244 g/mol. The van der Waals surface area contributed by atoms with Gasteiger partial charge in [0.15, 0.2) is 0 Å². The third-order valence-corrected chi connectivity index (χ3v) is 4.02. The van der Waals surface area contributed by atoms with E-state index in [1.165, 1.54) is 0 Å². The fourth-order valence-corrected chi connectivity index (χ4v) is 2.94. The molecule has 1 atom stereocenters.